The smallest absolute Gasteiger partial charge is 0.232 e. The van der Waals surface area contributed by atoms with Crippen molar-refractivity contribution in [2.24, 2.45) is 0 Å². The van der Waals surface area contributed by atoms with Gasteiger partial charge >= 0.3 is 0 Å². The number of anilines is 1. The number of amides is 1. The van der Waals surface area contributed by atoms with Crippen LogP contribution in [-0.2, 0) is 21.2 Å². The summed E-state index contributed by atoms with van der Waals surface area (Å²) in [5.74, 6) is -0.128. The van der Waals surface area contributed by atoms with E-state index in [0.29, 0.717) is 5.69 Å². The first-order chi connectivity index (χ1) is 10.3. The molecule has 0 radical (unpaired) electrons. The number of benzene rings is 1. The van der Waals surface area contributed by atoms with Crippen molar-refractivity contribution in [2.45, 2.75) is 46.1 Å². The lowest BCUT2D eigenvalue weighted by molar-refractivity contribution is -0.121. The molecule has 1 rings (SSSR count). The molecule has 6 heteroatoms. The number of carbonyl (C=O) groups excluding carboxylic acids is 1. The predicted octanol–water partition coefficient (Wildman–Crippen LogP) is 2.32. The van der Waals surface area contributed by atoms with Crippen LogP contribution in [0.2, 0.25) is 0 Å². The summed E-state index contributed by atoms with van der Waals surface area (Å²) >= 11 is 0. The molecule has 0 heterocycles. The van der Waals surface area contributed by atoms with Gasteiger partial charge in [0, 0.05) is 19.0 Å². The van der Waals surface area contributed by atoms with E-state index in [-0.39, 0.29) is 24.9 Å². The molecule has 1 aromatic carbocycles. The van der Waals surface area contributed by atoms with Crippen molar-refractivity contribution < 1.29 is 13.2 Å². The van der Waals surface area contributed by atoms with Gasteiger partial charge in [-0.15, -0.1) is 0 Å². The van der Waals surface area contributed by atoms with Gasteiger partial charge in [-0.2, -0.15) is 0 Å². The molecule has 124 valence electrons. The van der Waals surface area contributed by atoms with Gasteiger partial charge in [0.2, 0.25) is 15.9 Å². The average molecular weight is 326 g/mol. The molecule has 1 N–H and O–H groups in total. The molecular weight excluding hydrogens is 300 g/mol. The van der Waals surface area contributed by atoms with Crippen molar-refractivity contribution in [3.8, 4) is 0 Å². The topological polar surface area (TPSA) is 66.5 Å². The van der Waals surface area contributed by atoms with Gasteiger partial charge in [0.15, 0.2) is 0 Å². The van der Waals surface area contributed by atoms with E-state index in [9.17, 15) is 13.2 Å². The SMILES string of the molecule is CCc1ccccc1N(CCC(=O)NC(C)CC)S(C)(=O)=O. The number of para-hydroxylation sites is 1. The quantitative estimate of drug-likeness (QED) is 0.797. The zero-order chi connectivity index (χ0) is 16.8. The number of carbonyl (C=O) groups is 1. The summed E-state index contributed by atoms with van der Waals surface area (Å²) < 4.78 is 25.5. The highest BCUT2D eigenvalue weighted by Gasteiger charge is 2.20. The minimum atomic E-state index is -3.43. The number of nitrogens with zero attached hydrogens (tertiary/aromatic N) is 1. The molecule has 1 unspecified atom stereocenters. The van der Waals surface area contributed by atoms with Gasteiger partial charge in [0.1, 0.15) is 0 Å². The third-order valence-electron chi connectivity index (χ3n) is 3.60. The number of hydrogen-bond donors (Lipinski definition) is 1. The second-order valence-corrected chi connectivity index (χ2v) is 7.35. The van der Waals surface area contributed by atoms with Crippen LogP contribution < -0.4 is 9.62 Å². The van der Waals surface area contributed by atoms with E-state index < -0.39 is 10.0 Å². The Morgan fingerprint density at radius 2 is 1.91 bits per heavy atom. The largest absolute Gasteiger partial charge is 0.354 e. The molecule has 0 bridgehead atoms. The molecule has 0 aliphatic heterocycles. The van der Waals surface area contributed by atoms with E-state index in [1.807, 2.05) is 39.0 Å². The average Bonchev–Trinajstić information content (AvgIpc) is 2.46. The predicted molar refractivity (Wildman–Crippen MR) is 90.5 cm³/mol. The number of aryl methyl sites for hydroxylation is 1. The first kappa shape index (κ1) is 18.5. The summed E-state index contributed by atoms with van der Waals surface area (Å²) in [6.07, 6.45) is 2.91. The van der Waals surface area contributed by atoms with Crippen molar-refractivity contribution in [3.63, 3.8) is 0 Å². The second kappa shape index (κ2) is 8.17. The first-order valence-electron chi connectivity index (χ1n) is 7.64. The van der Waals surface area contributed by atoms with Crippen molar-refractivity contribution in [3.05, 3.63) is 29.8 Å². The van der Waals surface area contributed by atoms with E-state index in [4.69, 9.17) is 0 Å². The highest BCUT2D eigenvalue weighted by atomic mass is 32.2. The van der Waals surface area contributed by atoms with E-state index in [1.165, 1.54) is 10.6 Å². The van der Waals surface area contributed by atoms with Gasteiger partial charge in [-0.25, -0.2) is 8.42 Å². The third kappa shape index (κ3) is 5.33. The standard InChI is InChI=1S/C16H26N2O3S/c1-5-13(3)17-16(19)11-12-18(22(4,20)21)15-10-8-7-9-14(15)6-2/h7-10,13H,5-6,11-12H2,1-4H3,(H,17,19). The molecule has 0 saturated carbocycles. The van der Waals surface area contributed by atoms with Gasteiger partial charge in [-0.05, 0) is 31.4 Å². The van der Waals surface area contributed by atoms with Crippen LogP contribution in [0.5, 0.6) is 0 Å². The van der Waals surface area contributed by atoms with Crippen LogP contribution in [0.25, 0.3) is 0 Å². The number of rotatable bonds is 8. The summed E-state index contributed by atoms with van der Waals surface area (Å²) in [5, 5.41) is 2.86. The fraction of sp³-hybridized carbons (Fsp3) is 0.562. The molecule has 22 heavy (non-hydrogen) atoms. The van der Waals surface area contributed by atoms with Gasteiger partial charge < -0.3 is 5.32 Å². The van der Waals surface area contributed by atoms with Crippen molar-refractivity contribution >= 4 is 21.6 Å². The Bertz CT molecular complexity index is 599. The molecule has 1 aromatic rings. The van der Waals surface area contributed by atoms with Crippen LogP contribution in [0.4, 0.5) is 5.69 Å². The maximum atomic E-state index is 12.1. The lowest BCUT2D eigenvalue weighted by Crippen LogP contribution is -2.37. The molecule has 1 atom stereocenters. The van der Waals surface area contributed by atoms with E-state index in [0.717, 1.165) is 18.4 Å². The fourth-order valence-electron chi connectivity index (χ4n) is 2.17. The van der Waals surface area contributed by atoms with Crippen molar-refractivity contribution in [2.75, 3.05) is 17.1 Å². The maximum absolute atomic E-state index is 12.1. The Kier molecular flexibility index (Phi) is 6.87. The molecule has 0 aliphatic carbocycles. The number of sulfonamides is 1. The van der Waals surface area contributed by atoms with Crippen LogP contribution in [0, 0.1) is 0 Å². The summed E-state index contributed by atoms with van der Waals surface area (Å²) in [4.78, 5) is 11.9. The highest BCUT2D eigenvalue weighted by Crippen LogP contribution is 2.23. The van der Waals surface area contributed by atoms with E-state index in [2.05, 4.69) is 5.32 Å². The summed E-state index contributed by atoms with van der Waals surface area (Å²) in [5.41, 5.74) is 1.61. The second-order valence-electron chi connectivity index (χ2n) is 5.44. The first-order valence-corrected chi connectivity index (χ1v) is 9.49. The summed E-state index contributed by atoms with van der Waals surface area (Å²) in [6, 6.07) is 7.49. The van der Waals surface area contributed by atoms with Gasteiger partial charge in [-0.1, -0.05) is 32.0 Å². The summed E-state index contributed by atoms with van der Waals surface area (Å²) in [7, 11) is -3.43. The number of nitrogens with one attached hydrogen (secondary N) is 1. The van der Waals surface area contributed by atoms with Gasteiger partial charge in [0.25, 0.3) is 0 Å². The molecular formula is C16H26N2O3S. The third-order valence-corrected chi connectivity index (χ3v) is 4.78. The molecule has 0 aromatic heterocycles. The Morgan fingerprint density at radius 3 is 2.45 bits per heavy atom. The maximum Gasteiger partial charge on any atom is 0.232 e. The van der Waals surface area contributed by atoms with Crippen LogP contribution in [0.3, 0.4) is 0 Å². The molecule has 0 saturated heterocycles. The fourth-order valence-corrected chi connectivity index (χ4v) is 3.13. The van der Waals surface area contributed by atoms with Gasteiger partial charge in [-0.3, -0.25) is 9.10 Å². The van der Waals surface area contributed by atoms with Crippen LogP contribution >= 0.6 is 0 Å². The lowest BCUT2D eigenvalue weighted by Gasteiger charge is -2.24. The minimum absolute atomic E-state index is 0.0992. The van der Waals surface area contributed by atoms with Gasteiger partial charge in [0.05, 0.1) is 11.9 Å². The monoisotopic (exact) mass is 326 g/mol. The lowest BCUT2D eigenvalue weighted by atomic mass is 10.1. The Morgan fingerprint density at radius 1 is 1.27 bits per heavy atom. The number of hydrogen-bond acceptors (Lipinski definition) is 3. The van der Waals surface area contributed by atoms with Crippen LogP contribution in [0.1, 0.15) is 39.2 Å². The molecule has 0 spiro atoms. The van der Waals surface area contributed by atoms with Crippen LogP contribution in [0.15, 0.2) is 24.3 Å². The summed E-state index contributed by atoms with van der Waals surface area (Å²) in [6.45, 7) is 6.05. The Balaban J connectivity index is 2.90. The van der Waals surface area contributed by atoms with Crippen LogP contribution in [-0.4, -0.2) is 33.2 Å². The normalized spacial score (nSPS) is 12.7. The van der Waals surface area contributed by atoms with Crippen molar-refractivity contribution in [1.29, 1.82) is 0 Å². The van der Waals surface area contributed by atoms with E-state index in [1.54, 1.807) is 6.07 Å². The zero-order valence-corrected chi connectivity index (χ0v) is 14.6. The molecule has 1 amide bonds. The van der Waals surface area contributed by atoms with Crippen molar-refractivity contribution in [1.82, 2.24) is 5.32 Å². The Labute approximate surface area is 133 Å². The van der Waals surface area contributed by atoms with E-state index >= 15 is 0 Å². The molecule has 0 aliphatic rings. The minimum Gasteiger partial charge on any atom is -0.354 e. The molecule has 5 nitrogen and oxygen atoms in total. The Hall–Kier alpha value is -1.56. The highest BCUT2D eigenvalue weighted by molar-refractivity contribution is 7.92. The zero-order valence-electron chi connectivity index (χ0n) is 13.8. The molecule has 0 fully saturated rings.